The summed E-state index contributed by atoms with van der Waals surface area (Å²) in [5.41, 5.74) is 17.8. The second-order valence-corrected chi connectivity index (χ2v) is 13.4. The van der Waals surface area contributed by atoms with Gasteiger partial charge < -0.3 is 22.1 Å². The summed E-state index contributed by atoms with van der Waals surface area (Å²) in [5, 5.41) is 9.10. The lowest BCUT2D eigenvalue weighted by molar-refractivity contribution is -0.118. The Balaban J connectivity index is 0.000000157. The van der Waals surface area contributed by atoms with Gasteiger partial charge in [-0.3, -0.25) is 19.6 Å². The third kappa shape index (κ3) is 6.77. The fraction of sp³-hybridized carbons (Fsp3) is 0.263. The van der Waals surface area contributed by atoms with E-state index in [0.29, 0.717) is 35.1 Å². The number of carbonyl (C=O) groups excluding carboxylic acids is 2. The number of pyridine rings is 6. The molecule has 2 aliphatic carbocycles. The fourth-order valence-electron chi connectivity index (χ4n) is 6.04. The Morgan fingerprint density at radius 3 is 1.42 bits per heavy atom. The molecule has 0 saturated heterocycles. The smallest absolute Gasteiger partial charge is 0.228 e. The molecule has 4 atom stereocenters. The summed E-state index contributed by atoms with van der Waals surface area (Å²) in [6, 6.07) is 11.5. The van der Waals surface area contributed by atoms with Gasteiger partial charge in [-0.1, -0.05) is 13.8 Å². The highest BCUT2D eigenvalue weighted by Gasteiger charge is 2.40. The van der Waals surface area contributed by atoms with E-state index in [1.54, 1.807) is 37.2 Å². The topological polar surface area (TPSA) is 188 Å². The van der Waals surface area contributed by atoms with E-state index in [1.807, 2.05) is 50.2 Å². The van der Waals surface area contributed by atoms with Crippen LogP contribution < -0.4 is 22.1 Å². The quantitative estimate of drug-likeness (QED) is 0.156. The number of aromatic nitrogens is 6. The molecule has 0 spiro atoms. The van der Waals surface area contributed by atoms with Crippen LogP contribution in [0.1, 0.15) is 37.8 Å². The Morgan fingerprint density at radius 1 is 0.660 bits per heavy atom. The van der Waals surface area contributed by atoms with Gasteiger partial charge in [-0.25, -0.2) is 19.9 Å². The number of nitrogens with zero attached hydrogens (tertiary/aromatic N) is 6. The zero-order chi connectivity index (χ0) is 35.1. The van der Waals surface area contributed by atoms with Crippen molar-refractivity contribution in [3.05, 3.63) is 84.7 Å². The van der Waals surface area contributed by atoms with E-state index in [4.69, 9.17) is 11.5 Å². The Kier molecular flexibility index (Phi) is 8.52. The van der Waals surface area contributed by atoms with Gasteiger partial charge in [0.1, 0.15) is 23.3 Å². The van der Waals surface area contributed by atoms with Crippen LogP contribution in [-0.2, 0) is 9.59 Å². The van der Waals surface area contributed by atoms with Crippen molar-refractivity contribution in [1.29, 1.82) is 0 Å². The molecule has 0 bridgehead atoms. The molecule has 2 amide bonds. The van der Waals surface area contributed by atoms with Crippen molar-refractivity contribution >= 4 is 56.6 Å². The van der Waals surface area contributed by atoms with Crippen molar-refractivity contribution in [3.8, 4) is 22.5 Å². The molecule has 0 radical (unpaired) electrons. The number of nitrogens with one attached hydrogen (secondary N) is 2. The highest BCUT2D eigenvalue weighted by atomic mass is 16.2. The van der Waals surface area contributed by atoms with Gasteiger partial charge in [0, 0.05) is 70.9 Å². The average Bonchev–Trinajstić information content (AvgIpc) is 4.02. The SMILES string of the molecule is Cc1ccncc1-c1cc2cc(NC(=O)C3CC3C)ncc2c(N)n1.Cc1ccncc1-c1cc2cc(NC(=O)[C@@H]3C[C@H]3C)ncc2c(N)n1. The van der Waals surface area contributed by atoms with Crippen LogP contribution in [0.5, 0.6) is 0 Å². The summed E-state index contributed by atoms with van der Waals surface area (Å²) in [6.07, 6.45) is 12.3. The molecular weight excluding hydrogens is 628 g/mol. The molecule has 6 N–H and O–H groups in total. The van der Waals surface area contributed by atoms with Crippen LogP contribution >= 0.6 is 0 Å². The lowest BCUT2D eigenvalue weighted by atomic mass is 10.1. The first-order valence-electron chi connectivity index (χ1n) is 16.6. The van der Waals surface area contributed by atoms with Crippen LogP contribution in [0, 0.1) is 37.5 Å². The molecule has 252 valence electrons. The summed E-state index contributed by atoms with van der Waals surface area (Å²) in [7, 11) is 0. The molecular formula is C38H38N10O2. The molecule has 50 heavy (non-hydrogen) atoms. The number of carbonyl (C=O) groups is 2. The molecule has 0 aliphatic heterocycles. The first-order valence-corrected chi connectivity index (χ1v) is 16.6. The first-order chi connectivity index (χ1) is 24.0. The van der Waals surface area contributed by atoms with Crippen molar-refractivity contribution in [2.24, 2.45) is 23.7 Å². The first kappa shape index (κ1) is 32.5. The Bertz CT molecular complexity index is 2130. The summed E-state index contributed by atoms with van der Waals surface area (Å²) in [4.78, 5) is 50.2. The molecule has 6 aromatic rings. The van der Waals surface area contributed by atoms with Crippen LogP contribution in [-0.4, -0.2) is 41.7 Å². The molecule has 6 aromatic heterocycles. The molecule has 2 aliphatic rings. The standard InChI is InChI=1S/2C19H19N5O/c2*1-10-3-4-21-8-14(10)16-6-12-7-17(22-9-15(12)18(20)23-16)24-19(25)13-5-11(13)2/h2*3-4,6-9,11,13H,5H2,1-2H3,(H2,20,23)(H,22,24,25)/t11-,13-;/m1./s1. The lowest BCUT2D eigenvalue weighted by Gasteiger charge is -2.10. The minimum Gasteiger partial charge on any atom is -0.383 e. The lowest BCUT2D eigenvalue weighted by Crippen LogP contribution is -2.15. The van der Waals surface area contributed by atoms with Crippen LogP contribution in [0.3, 0.4) is 0 Å². The summed E-state index contributed by atoms with van der Waals surface area (Å²) < 4.78 is 0. The van der Waals surface area contributed by atoms with Crippen molar-refractivity contribution in [2.75, 3.05) is 22.1 Å². The van der Waals surface area contributed by atoms with Crippen LogP contribution in [0.4, 0.5) is 23.3 Å². The normalized spacial score (nSPS) is 19.0. The number of hydrogen-bond donors (Lipinski definition) is 4. The minimum atomic E-state index is 0.0321. The number of amides is 2. The van der Waals surface area contributed by atoms with E-state index in [0.717, 1.165) is 68.0 Å². The highest BCUT2D eigenvalue weighted by molar-refractivity contribution is 5.99. The van der Waals surface area contributed by atoms with Crippen LogP contribution in [0.25, 0.3) is 44.1 Å². The zero-order valence-electron chi connectivity index (χ0n) is 28.3. The maximum absolute atomic E-state index is 12.1. The van der Waals surface area contributed by atoms with E-state index in [2.05, 4.69) is 54.4 Å². The number of nitrogens with two attached hydrogens (primary N) is 2. The van der Waals surface area contributed by atoms with Gasteiger partial charge in [0.05, 0.1) is 11.4 Å². The monoisotopic (exact) mass is 666 g/mol. The van der Waals surface area contributed by atoms with Crippen LogP contribution in [0.15, 0.2) is 73.6 Å². The van der Waals surface area contributed by atoms with Crippen molar-refractivity contribution < 1.29 is 9.59 Å². The average molecular weight is 667 g/mol. The van der Waals surface area contributed by atoms with Crippen molar-refractivity contribution in [2.45, 2.75) is 40.5 Å². The van der Waals surface area contributed by atoms with E-state index in [9.17, 15) is 9.59 Å². The molecule has 12 nitrogen and oxygen atoms in total. The van der Waals surface area contributed by atoms with Gasteiger partial charge in [0.15, 0.2) is 0 Å². The number of hydrogen-bond acceptors (Lipinski definition) is 10. The van der Waals surface area contributed by atoms with E-state index in [1.165, 1.54) is 0 Å². The van der Waals surface area contributed by atoms with Gasteiger partial charge in [0.2, 0.25) is 11.8 Å². The van der Waals surface area contributed by atoms with Gasteiger partial charge in [-0.15, -0.1) is 0 Å². The van der Waals surface area contributed by atoms with Gasteiger partial charge in [0.25, 0.3) is 0 Å². The summed E-state index contributed by atoms with van der Waals surface area (Å²) in [6.45, 7) is 8.17. The summed E-state index contributed by atoms with van der Waals surface area (Å²) in [5.74, 6) is 3.10. The molecule has 2 saturated carbocycles. The zero-order valence-corrected chi connectivity index (χ0v) is 28.3. The molecule has 2 fully saturated rings. The Hall–Kier alpha value is -6.04. The number of aryl methyl sites for hydroxylation is 2. The third-order valence-corrected chi connectivity index (χ3v) is 9.52. The molecule has 8 rings (SSSR count). The minimum absolute atomic E-state index is 0.0321. The van der Waals surface area contributed by atoms with Crippen molar-refractivity contribution in [1.82, 2.24) is 29.9 Å². The second-order valence-electron chi connectivity index (χ2n) is 13.4. The predicted octanol–water partition coefficient (Wildman–Crippen LogP) is 6.35. The number of rotatable bonds is 6. The largest absolute Gasteiger partial charge is 0.383 e. The predicted molar refractivity (Wildman–Crippen MR) is 196 cm³/mol. The molecule has 6 heterocycles. The molecule has 12 heteroatoms. The van der Waals surface area contributed by atoms with E-state index < -0.39 is 0 Å². The Labute approximate surface area is 289 Å². The fourth-order valence-corrected chi connectivity index (χ4v) is 6.04. The van der Waals surface area contributed by atoms with E-state index >= 15 is 0 Å². The number of fused-ring (bicyclic) bond motifs is 2. The van der Waals surface area contributed by atoms with Crippen LogP contribution in [0.2, 0.25) is 0 Å². The van der Waals surface area contributed by atoms with Gasteiger partial charge in [-0.05, 0) is 96.8 Å². The number of anilines is 4. The second kappa shape index (κ2) is 13.1. The molecule has 0 aromatic carbocycles. The van der Waals surface area contributed by atoms with Gasteiger partial charge >= 0.3 is 0 Å². The maximum atomic E-state index is 12.1. The maximum Gasteiger partial charge on any atom is 0.228 e. The summed E-state index contributed by atoms with van der Waals surface area (Å²) >= 11 is 0. The van der Waals surface area contributed by atoms with Crippen molar-refractivity contribution in [3.63, 3.8) is 0 Å². The Morgan fingerprint density at radius 2 is 1.06 bits per heavy atom. The van der Waals surface area contributed by atoms with Gasteiger partial charge in [-0.2, -0.15) is 0 Å². The highest BCUT2D eigenvalue weighted by Crippen LogP contribution is 2.39. The third-order valence-electron chi connectivity index (χ3n) is 9.52. The number of nitrogen functional groups attached to an aromatic ring is 2. The van der Waals surface area contributed by atoms with E-state index in [-0.39, 0.29) is 23.7 Å². The molecule has 2 unspecified atom stereocenters.